The number of hydrogen-bond donors (Lipinski definition) is 0. The Hall–Kier alpha value is -2.35. The first-order valence-electron chi connectivity index (χ1n) is 6.14. The Bertz CT molecular complexity index is 548. The van der Waals surface area contributed by atoms with Crippen molar-refractivity contribution < 1.29 is 9.59 Å². The van der Waals surface area contributed by atoms with Crippen molar-refractivity contribution in [3.63, 3.8) is 0 Å². The third-order valence-corrected chi connectivity index (χ3v) is 3.29. The molecule has 0 N–H and O–H groups in total. The number of rotatable bonds is 2. The first-order valence-corrected chi connectivity index (χ1v) is 6.14. The van der Waals surface area contributed by atoms with Crippen LogP contribution in [0.2, 0.25) is 0 Å². The smallest absolute Gasteiger partial charge is 0.241 e. The van der Waals surface area contributed by atoms with Gasteiger partial charge < -0.3 is 9.80 Å². The molecular weight excluding hydrogens is 242 g/mol. The SMILES string of the molecule is CN1CCCN(c2ccc(C=O)cc2C#N)CC1=O. The molecule has 5 nitrogen and oxygen atoms in total. The van der Waals surface area contributed by atoms with Crippen LogP contribution in [0.5, 0.6) is 0 Å². The largest absolute Gasteiger partial charge is 0.361 e. The molecule has 0 atom stereocenters. The maximum atomic E-state index is 11.9. The molecule has 5 heteroatoms. The van der Waals surface area contributed by atoms with E-state index in [1.165, 1.54) is 0 Å². The standard InChI is InChI=1S/C14H15N3O2/c1-16-5-2-6-17(9-14(16)19)13-4-3-11(10-18)7-12(13)8-15/h3-4,7,10H,2,5-6,9H2,1H3. The number of nitriles is 1. The average molecular weight is 257 g/mol. The molecule has 19 heavy (non-hydrogen) atoms. The van der Waals surface area contributed by atoms with Gasteiger partial charge in [0.05, 0.1) is 17.8 Å². The van der Waals surface area contributed by atoms with Crippen LogP contribution < -0.4 is 4.90 Å². The molecule has 0 spiro atoms. The Balaban J connectivity index is 2.33. The molecule has 1 aliphatic heterocycles. The van der Waals surface area contributed by atoms with Gasteiger partial charge in [-0.1, -0.05) is 0 Å². The zero-order valence-corrected chi connectivity index (χ0v) is 10.8. The van der Waals surface area contributed by atoms with Crippen molar-refractivity contribution in [1.82, 2.24) is 4.90 Å². The Morgan fingerprint density at radius 3 is 2.84 bits per heavy atom. The zero-order valence-electron chi connectivity index (χ0n) is 10.8. The number of carbonyl (C=O) groups excluding carboxylic acids is 2. The van der Waals surface area contributed by atoms with Gasteiger partial charge in [-0.3, -0.25) is 9.59 Å². The fourth-order valence-corrected chi connectivity index (χ4v) is 2.18. The van der Waals surface area contributed by atoms with E-state index < -0.39 is 0 Å². The lowest BCUT2D eigenvalue weighted by molar-refractivity contribution is -0.127. The van der Waals surface area contributed by atoms with E-state index in [1.807, 2.05) is 4.90 Å². The van der Waals surface area contributed by atoms with E-state index in [0.29, 0.717) is 17.4 Å². The molecule has 0 aromatic heterocycles. The summed E-state index contributed by atoms with van der Waals surface area (Å²) in [6.07, 6.45) is 1.58. The first kappa shape index (κ1) is 13.1. The highest BCUT2D eigenvalue weighted by Crippen LogP contribution is 2.22. The van der Waals surface area contributed by atoms with Crippen LogP contribution in [0.3, 0.4) is 0 Å². The third-order valence-electron chi connectivity index (χ3n) is 3.29. The van der Waals surface area contributed by atoms with Crippen LogP contribution in [-0.4, -0.2) is 43.8 Å². The van der Waals surface area contributed by atoms with E-state index in [4.69, 9.17) is 5.26 Å². The molecule has 0 unspecified atom stereocenters. The average Bonchev–Trinajstić information content (AvgIpc) is 2.60. The van der Waals surface area contributed by atoms with Crippen molar-refractivity contribution in [2.45, 2.75) is 6.42 Å². The molecule has 0 bridgehead atoms. The van der Waals surface area contributed by atoms with Crippen LogP contribution in [0.15, 0.2) is 18.2 Å². The predicted octanol–water partition coefficient (Wildman–Crippen LogP) is 1.04. The number of nitrogens with zero attached hydrogens (tertiary/aromatic N) is 3. The van der Waals surface area contributed by atoms with E-state index in [9.17, 15) is 9.59 Å². The molecule has 2 rings (SSSR count). The summed E-state index contributed by atoms with van der Waals surface area (Å²) in [6, 6.07) is 7.05. The summed E-state index contributed by atoms with van der Waals surface area (Å²) >= 11 is 0. The third kappa shape index (κ3) is 2.74. The molecule has 1 aromatic rings. The number of benzene rings is 1. The van der Waals surface area contributed by atoms with Gasteiger partial charge in [0.15, 0.2) is 0 Å². The molecule has 1 aliphatic rings. The minimum absolute atomic E-state index is 0.0425. The van der Waals surface area contributed by atoms with Crippen LogP contribution in [0.4, 0.5) is 5.69 Å². The van der Waals surface area contributed by atoms with Crippen molar-refractivity contribution in [2.75, 3.05) is 31.6 Å². The lowest BCUT2D eigenvalue weighted by Gasteiger charge is -2.23. The Labute approximate surface area is 112 Å². The number of aldehydes is 1. The second-order valence-corrected chi connectivity index (χ2v) is 4.60. The minimum atomic E-state index is 0.0425. The highest BCUT2D eigenvalue weighted by Gasteiger charge is 2.21. The van der Waals surface area contributed by atoms with Crippen LogP contribution in [0, 0.1) is 11.3 Å². The van der Waals surface area contributed by atoms with Gasteiger partial charge in [-0.2, -0.15) is 5.26 Å². The number of likely N-dealkylation sites (N-methyl/N-ethyl adjacent to an activating group) is 1. The van der Waals surface area contributed by atoms with Gasteiger partial charge in [-0.05, 0) is 24.6 Å². The number of anilines is 1. The van der Waals surface area contributed by atoms with Crippen LogP contribution in [0.1, 0.15) is 22.3 Å². The van der Waals surface area contributed by atoms with Crippen molar-refractivity contribution >= 4 is 17.9 Å². The predicted molar refractivity (Wildman–Crippen MR) is 71.0 cm³/mol. The van der Waals surface area contributed by atoms with Crippen molar-refractivity contribution in [1.29, 1.82) is 5.26 Å². The zero-order chi connectivity index (χ0) is 13.8. The lowest BCUT2D eigenvalue weighted by Crippen LogP contribution is -2.34. The summed E-state index contributed by atoms with van der Waals surface area (Å²) in [5, 5.41) is 9.17. The highest BCUT2D eigenvalue weighted by atomic mass is 16.2. The number of hydrogen-bond acceptors (Lipinski definition) is 4. The molecule has 1 aromatic carbocycles. The Kier molecular flexibility index (Phi) is 3.81. The van der Waals surface area contributed by atoms with E-state index >= 15 is 0 Å². The van der Waals surface area contributed by atoms with E-state index in [2.05, 4.69) is 6.07 Å². The van der Waals surface area contributed by atoms with Crippen molar-refractivity contribution in [3.8, 4) is 6.07 Å². The first-order chi connectivity index (χ1) is 9.15. The Morgan fingerprint density at radius 1 is 1.37 bits per heavy atom. The van der Waals surface area contributed by atoms with Crippen LogP contribution in [0.25, 0.3) is 0 Å². The van der Waals surface area contributed by atoms with Gasteiger partial charge in [0, 0.05) is 25.7 Å². The fourth-order valence-electron chi connectivity index (χ4n) is 2.18. The summed E-state index contributed by atoms with van der Waals surface area (Å²) in [7, 11) is 1.78. The van der Waals surface area contributed by atoms with Gasteiger partial charge >= 0.3 is 0 Å². The number of carbonyl (C=O) groups is 2. The second kappa shape index (κ2) is 5.53. The number of amides is 1. The molecule has 0 radical (unpaired) electrons. The van der Waals surface area contributed by atoms with E-state index in [0.717, 1.165) is 25.2 Å². The summed E-state index contributed by atoms with van der Waals surface area (Å²) in [5.74, 6) is 0.0425. The van der Waals surface area contributed by atoms with Gasteiger partial charge in [-0.15, -0.1) is 0 Å². The normalized spacial score (nSPS) is 15.9. The fraction of sp³-hybridized carbons (Fsp3) is 0.357. The molecule has 0 saturated carbocycles. The monoisotopic (exact) mass is 257 g/mol. The summed E-state index contributed by atoms with van der Waals surface area (Å²) in [4.78, 5) is 26.2. The molecule has 98 valence electrons. The van der Waals surface area contributed by atoms with Gasteiger partial charge in [-0.25, -0.2) is 0 Å². The van der Waals surface area contributed by atoms with E-state index in [-0.39, 0.29) is 12.5 Å². The van der Waals surface area contributed by atoms with Crippen molar-refractivity contribution in [2.24, 2.45) is 0 Å². The maximum absolute atomic E-state index is 11.9. The van der Waals surface area contributed by atoms with Crippen LogP contribution in [-0.2, 0) is 4.79 Å². The molecule has 1 heterocycles. The minimum Gasteiger partial charge on any atom is -0.361 e. The highest BCUT2D eigenvalue weighted by molar-refractivity contribution is 5.83. The quantitative estimate of drug-likeness (QED) is 0.742. The maximum Gasteiger partial charge on any atom is 0.241 e. The van der Waals surface area contributed by atoms with Gasteiger partial charge in [0.1, 0.15) is 12.4 Å². The van der Waals surface area contributed by atoms with Gasteiger partial charge in [0.2, 0.25) is 5.91 Å². The molecule has 1 amide bonds. The Morgan fingerprint density at radius 2 is 2.16 bits per heavy atom. The summed E-state index contributed by atoms with van der Waals surface area (Å²) in [6.45, 7) is 1.72. The molecule has 1 fully saturated rings. The molecule has 1 saturated heterocycles. The topological polar surface area (TPSA) is 64.4 Å². The summed E-state index contributed by atoms with van der Waals surface area (Å²) in [5.41, 5.74) is 1.62. The van der Waals surface area contributed by atoms with Gasteiger partial charge in [0.25, 0.3) is 0 Å². The summed E-state index contributed by atoms with van der Waals surface area (Å²) < 4.78 is 0. The molecular formula is C14H15N3O2. The van der Waals surface area contributed by atoms with Crippen LogP contribution >= 0.6 is 0 Å². The second-order valence-electron chi connectivity index (χ2n) is 4.60. The van der Waals surface area contributed by atoms with Crippen molar-refractivity contribution in [3.05, 3.63) is 29.3 Å². The van der Waals surface area contributed by atoms with E-state index in [1.54, 1.807) is 30.1 Å². The lowest BCUT2D eigenvalue weighted by atomic mass is 10.1. The molecule has 0 aliphatic carbocycles.